The number of hydrogen-bond donors (Lipinski definition) is 1. The third-order valence-electron chi connectivity index (χ3n) is 2.99. The van der Waals surface area contributed by atoms with E-state index in [-0.39, 0.29) is 18.3 Å². The monoisotopic (exact) mass is 316 g/mol. The van der Waals surface area contributed by atoms with E-state index in [0.29, 0.717) is 11.3 Å². The third-order valence-corrected chi connectivity index (χ3v) is 3.34. The van der Waals surface area contributed by atoms with Gasteiger partial charge in [0, 0.05) is 5.56 Å². The zero-order chi connectivity index (χ0) is 15.8. The second-order valence-corrected chi connectivity index (χ2v) is 5.06. The van der Waals surface area contributed by atoms with Crippen LogP contribution in [0.5, 0.6) is 5.75 Å². The Hall–Kier alpha value is -2.10. The number of ketones is 1. The first kappa shape index (κ1) is 16.3. The first-order chi connectivity index (χ1) is 10.7. The second-order valence-electron chi connectivity index (χ2n) is 4.75. The molecule has 0 aliphatic heterocycles. The molecule has 1 unspecified atom stereocenters. The summed E-state index contributed by atoms with van der Waals surface area (Å²) in [7, 11) is 0. The van der Waals surface area contributed by atoms with Crippen molar-refractivity contribution in [3.05, 3.63) is 71.8 Å². The van der Waals surface area contributed by atoms with Gasteiger partial charge in [-0.25, -0.2) is 0 Å². The van der Waals surface area contributed by atoms with Gasteiger partial charge in [0.2, 0.25) is 0 Å². The summed E-state index contributed by atoms with van der Waals surface area (Å²) in [5.41, 5.74) is 1.56. The van der Waals surface area contributed by atoms with E-state index < -0.39 is 6.10 Å². The summed E-state index contributed by atoms with van der Waals surface area (Å²) in [4.78, 5) is 11.9. The maximum Gasteiger partial charge on any atom is 0.185 e. The van der Waals surface area contributed by atoms with Crippen molar-refractivity contribution in [3.63, 3.8) is 0 Å². The number of benzene rings is 2. The Bertz CT molecular complexity index is 621. The number of allylic oxidation sites excluding steroid dienone is 1. The number of ether oxygens (including phenoxy) is 1. The molecule has 22 heavy (non-hydrogen) atoms. The molecule has 0 radical (unpaired) electrons. The number of aliphatic hydroxyl groups is 1. The molecule has 0 aliphatic rings. The average Bonchev–Trinajstić information content (AvgIpc) is 2.59. The molecule has 0 fully saturated rings. The van der Waals surface area contributed by atoms with E-state index in [9.17, 15) is 9.90 Å². The molecular formula is C18H17ClO3. The van der Waals surface area contributed by atoms with Gasteiger partial charge in [-0.3, -0.25) is 4.79 Å². The molecule has 2 aromatic rings. The predicted molar refractivity (Wildman–Crippen MR) is 88.5 cm³/mol. The SMILES string of the molecule is O=C(/C=C/c1ccc(OCC(O)CCl)cc1)c1ccccc1. The lowest BCUT2D eigenvalue weighted by molar-refractivity contribution is 0.104. The highest BCUT2D eigenvalue weighted by Gasteiger charge is 2.03. The van der Waals surface area contributed by atoms with Gasteiger partial charge in [-0.2, -0.15) is 0 Å². The third kappa shape index (κ3) is 5.02. The maximum atomic E-state index is 11.9. The Morgan fingerprint density at radius 1 is 1.14 bits per heavy atom. The standard InChI is InChI=1S/C18H17ClO3/c19-12-16(20)13-22-17-9-6-14(7-10-17)8-11-18(21)15-4-2-1-3-5-15/h1-11,16,20H,12-13H2/b11-8+. The van der Waals surface area contributed by atoms with Crippen molar-refractivity contribution < 1.29 is 14.6 Å². The van der Waals surface area contributed by atoms with Gasteiger partial charge in [0.15, 0.2) is 5.78 Å². The number of halogens is 1. The van der Waals surface area contributed by atoms with Gasteiger partial charge in [-0.15, -0.1) is 11.6 Å². The van der Waals surface area contributed by atoms with E-state index in [1.165, 1.54) is 0 Å². The smallest absolute Gasteiger partial charge is 0.185 e. The van der Waals surface area contributed by atoms with E-state index in [0.717, 1.165) is 5.56 Å². The fourth-order valence-corrected chi connectivity index (χ4v) is 1.87. The molecule has 0 saturated carbocycles. The molecule has 4 heteroatoms. The quantitative estimate of drug-likeness (QED) is 0.482. The zero-order valence-electron chi connectivity index (χ0n) is 12.0. The van der Waals surface area contributed by atoms with Crippen molar-refractivity contribution in [1.82, 2.24) is 0 Å². The normalized spacial score (nSPS) is 12.3. The molecule has 0 amide bonds. The highest BCUT2D eigenvalue weighted by molar-refractivity contribution is 6.18. The summed E-state index contributed by atoms with van der Waals surface area (Å²) >= 11 is 5.49. The lowest BCUT2D eigenvalue weighted by atomic mass is 10.1. The van der Waals surface area contributed by atoms with Crippen LogP contribution in [-0.4, -0.2) is 29.5 Å². The minimum absolute atomic E-state index is 0.0360. The molecule has 0 heterocycles. The van der Waals surface area contributed by atoms with Gasteiger partial charge in [-0.05, 0) is 23.8 Å². The van der Waals surface area contributed by atoms with Gasteiger partial charge in [0.05, 0.1) is 5.88 Å². The van der Waals surface area contributed by atoms with Crippen LogP contribution in [0.1, 0.15) is 15.9 Å². The van der Waals surface area contributed by atoms with Gasteiger partial charge < -0.3 is 9.84 Å². The fourth-order valence-electron chi connectivity index (χ4n) is 1.78. The summed E-state index contributed by atoms with van der Waals surface area (Å²) < 4.78 is 5.38. The van der Waals surface area contributed by atoms with E-state index in [4.69, 9.17) is 16.3 Å². The van der Waals surface area contributed by atoms with Crippen molar-refractivity contribution >= 4 is 23.5 Å². The Balaban J connectivity index is 1.93. The van der Waals surface area contributed by atoms with E-state index >= 15 is 0 Å². The minimum atomic E-state index is -0.676. The number of carbonyl (C=O) groups excluding carboxylic acids is 1. The number of carbonyl (C=O) groups is 1. The molecule has 0 aliphatic carbocycles. The van der Waals surface area contributed by atoms with Crippen LogP contribution < -0.4 is 4.74 Å². The van der Waals surface area contributed by atoms with Crippen molar-refractivity contribution in [2.45, 2.75) is 6.10 Å². The van der Waals surface area contributed by atoms with Gasteiger partial charge in [0.25, 0.3) is 0 Å². The summed E-state index contributed by atoms with van der Waals surface area (Å²) in [5.74, 6) is 0.754. The maximum absolute atomic E-state index is 11.9. The summed E-state index contributed by atoms with van der Waals surface area (Å²) in [6, 6.07) is 16.4. The highest BCUT2D eigenvalue weighted by Crippen LogP contribution is 2.14. The highest BCUT2D eigenvalue weighted by atomic mass is 35.5. The lowest BCUT2D eigenvalue weighted by Gasteiger charge is -2.09. The molecule has 2 rings (SSSR count). The van der Waals surface area contributed by atoms with Crippen LogP contribution in [0.3, 0.4) is 0 Å². The van der Waals surface area contributed by atoms with Crippen LogP contribution in [0, 0.1) is 0 Å². The van der Waals surface area contributed by atoms with Crippen LogP contribution in [0.4, 0.5) is 0 Å². The van der Waals surface area contributed by atoms with Gasteiger partial charge >= 0.3 is 0 Å². The van der Waals surface area contributed by atoms with Crippen LogP contribution >= 0.6 is 11.6 Å². The van der Waals surface area contributed by atoms with Gasteiger partial charge in [0.1, 0.15) is 18.5 Å². The predicted octanol–water partition coefficient (Wildman–Crippen LogP) is 3.56. The van der Waals surface area contributed by atoms with Crippen molar-refractivity contribution in [2.24, 2.45) is 0 Å². The number of alkyl halides is 1. The summed E-state index contributed by atoms with van der Waals surface area (Å²) in [6.07, 6.45) is 2.62. The molecule has 114 valence electrons. The van der Waals surface area contributed by atoms with E-state index in [1.807, 2.05) is 30.3 Å². The molecule has 1 N–H and O–H groups in total. The molecule has 0 saturated heterocycles. The van der Waals surface area contributed by atoms with Crippen LogP contribution in [0.2, 0.25) is 0 Å². The topological polar surface area (TPSA) is 46.5 Å². The first-order valence-electron chi connectivity index (χ1n) is 6.93. The molecular weight excluding hydrogens is 300 g/mol. The Labute approximate surface area is 134 Å². The molecule has 1 atom stereocenters. The largest absolute Gasteiger partial charge is 0.491 e. The fraction of sp³-hybridized carbons (Fsp3) is 0.167. The Morgan fingerprint density at radius 2 is 1.82 bits per heavy atom. The zero-order valence-corrected chi connectivity index (χ0v) is 12.7. The molecule has 0 spiro atoms. The van der Waals surface area contributed by atoms with E-state index in [2.05, 4.69) is 0 Å². The number of hydrogen-bond acceptors (Lipinski definition) is 3. The summed E-state index contributed by atoms with van der Waals surface area (Å²) in [6.45, 7) is 0.158. The first-order valence-corrected chi connectivity index (χ1v) is 7.47. The molecule has 0 aromatic heterocycles. The summed E-state index contributed by atoms with van der Waals surface area (Å²) in [5, 5.41) is 9.32. The van der Waals surface area contributed by atoms with Gasteiger partial charge in [-0.1, -0.05) is 48.5 Å². The van der Waals surface area contributed by atoms with Crippen molar-refractivity contribution in [2.75, 3.05) is 12.5 Å². The van der Waals surface area contributed by atoms with Crippen LogP contribution in [0.15, 0.2) is 60.7 Å². The van der Waals surface area contributed by atoms with Crippen LogP contribution in [0.25, 0.3) is 6.08 Å². The number of aliphatic hydroxyl groups excluding tert-OH is 1. The molecule has 0 bridgehead atoms. The molecule has 3 nitrogen and oxygen atoms in total. The Morgan fingerprint density at radius 3 is 2.45 bits per heavy atom. The molecule has 2 aromatic carbocycles. The van der Waals surface area contributed by atoms with Crippen LogP contribution in [-0.2, 0) is 0 Å². The minimum Gasteiger partial charge on any atom is -0.491 e. The van der Waals surface area contributed by atoms with Crippen molar-refractivity contribution in [3.8, 4) is 5.75 Å². The second kappa shape index (κ2) is 8.37. The van der Waals surface area contributed by atoms with E-state index in [1.54, 1.807) is 36.4 Å². The number of rotatable bonds is 7. The lowest BCUT2D eigenvalue weighted by Crippen LogP contribution is -2.18. The van der Waals surface area contributed by atoms with Crippen molar-refractivity contribution in [1.29, 1.82) is 0 Å². The average molecular weight is 317 g/mol. The Kier molecular flexibility index (Phi) is 6.19.